The highest BCUT2D eigenvalue weighted by Gasteiger charge is 2.27. The van der Waals surface area contributed by atoms with E-state index in [1.54, 1.807) is 0 Å². The fraction of sp³-hybridized carbons (Fsp3) is 0.438. The molecule has 4 nitrogen and oxygen atoms in total. The van der Waals surface area contributed by atoms with E-state index in [1.807, 2.05) is 19.4 Å². The van der Waals surface area contributed by atoms with Crippen LogP contribution in [0.2, 0.25) is 0 Å². The van der Waals surface area contributed by atoms with Gasteiger partial charge < -0.3 is 15.0 Å². The van der Waals surface area contributed by atoms with Crippen LogP contribution in [0, 0.1) is 0 Å². The molecular weight excluding hydrogens is 250 g/mol. The van der Waals surface area contributed by atoms with Crippen LogP contribution in [-0.2, 0) is 4.74 Å². The quantitative estimate of drug-likeness (QED) is 0.924. The van der Waals surface area contributed by atoms with Crippen molar-refractivity contribution in [1.82, 2.24) is 15.2 Å². The summed E-state index contributed by atoms with van der Waals surface area (Å²) in [6.45, 7) is 2.74. The Kier molecular flexibility index (Phi) is 3.96. The third kappa shape index (κ3) is 2.54. The monoisotopic (exact) mass is 271 g/mol. The van der Waals surface area contributed by atoms with Gasteiger partial charge in [-0.1, -0.05) is 18.2 Å². The van der Waals surface area contributed by atoms with Gasteiger partial charge in [-0.05, 0) is 31.1 Å². The second-order valence-corrected chi connectivity index (χ2v) is 5.38. The van der Waals surface area contributed by atoms with Gasteiger partial charge in [0, 0.05) is 30.9 Å². The van der Waals surface area contributed by atoms with E-state index in [0.29, 0.717) is 0 Å². The maximum Gasteiger partial charge on any atom is 0.0896 e. The van der Waals surface area contributed by atoms with Gasteiger partial charge in [-0.2, -0.15) is 0 Å². The average molecular weight is 271 g/mol. The van der Waals surface area contributed by atoms with E-state index in [1.165, 1.54) is 16.3 Å². The molecule has 0 saturated carbocycles. The molecule has 1 aromatic carbocycles. The largest absolute Gasteiger partial charge is 0.374 e. The number of likely N-dealkylation sites (N-methyl/N-ethyl adjacent to an activating group) is 2. The summed E-state index contributed by atoms with van der Waals surface area (Å²) < 4.78 is 5.98. The Morgan fingerprint density at radius 1 is 1.40 bits per heavy atom. The van der Waals surface area contributed by atoms with Crippen molar-refractivity contribution in [1.29, 1.82) is 0 Å². The minimum absolute atomic E-state index is 0.171. The number of morpholine rings is 1. The summed E-state index contributed by atoms with van der Waals surface area (Å²) in [5.41, 5.74) is 1.26. The van der Waals surface area contributed by atoms with Crippen LogP contribution >= 0.6 is 0 Å². The summed E-state index contributed by atoms with van der Waals surface area (Å²) in [7, 11) is 4.14. The van der Waals surface area contributed by atoms with Crippen molar-refractivity contribution >= 4 is 10.8 Å². The second-order valence-electron chi connectivity index (χ2n) is 5.38. The highest BCUT2D eigenvalue weighted by Crippen LogP contribution is 2.28. The molecule has 1 N–H and O–H groups in total. The molecule has 2 atom stereocenters. The fourth-order valence-electron chi connectivity index (χ4n) is 2.96. The Bertz CT molecular complexity index is 581. The molecule has 1 saturated heterocycles. The maximum absolute atomic E-state index is 5.98. The standard InChI is InChI=1S/C16H21N3O/c1-17-16(15-11-19(2)8-9-20-15)13-5-3-4-12-6-7-18-10-14(12)13/h3-7,10,15-17H,8-9,11H2,1-2H3. The van der Waals surface area contributed by atoms with Gasteiger partial charge in [-0.3, -0.25) is 4.98 Å². The van der Waals surface area contributed by atoms with Crippen LogP contribution in [-0.4, -0.2) is 49.8 Å². The third-order valence-corrected chi connectivity index (χ3v) is 4.03. The molecule has 2 aromatic rings. The molecule has 1 aliphatic heterocycles. The summed E-state index contributed by atoms with van der Waals surface area (Å²) in [6, 6.07) is 8.64. The van der Waals surface area contributed by atoms with E-state index in [9.17, 15) is 0 Å². The molecule has 2 unspecified atom stereocenters. The van der Waals surface area contributed by atoms with Crippen molar-refractivity contribution in [2.45, 2.75) is 12.1 Å². The topological polar surface area (TPSA) is 37.4 Å². The SMILES string of the molecule is CNC(c1cccc2ccncc12)C1CN(C)CCO1. The minimum Gasteiger partial charge on any atom is -0.374 e. The first-order chi connectivity index (χ1) is 9.79. The highest BCUT2D eigenvalue weighted by atomic mass is 16.5. The van der Waals surface area contributed by atoms with Crippen LogP contribution in [0.5, 0.6) is 0 Å². The number of nitrogens with one attached hydrogen (secondary N) is 1. The molecule has 1 fully saturated rings. The molecule has 1 aromatic heterocycles. The molecule has 0 amide bonds. The molecule has 0 spiro atoms. The average Bonchev–Trinajstić information content (AvgIpc) is 2.48. The molecular formula is C16H21N3O. The lowest BCUT2D eigenvalue weighted by Gasteiger charge is -2.35. The predicted octanol–water partition coefficient (Wildman–Crippen LogP) is 1.83. The number of fused-ring (bicyclic) bond motifs is 1. The van der Waals surface area contributed by atoms with Crippen LogP contribution in [0.15, 0.2) is 36.7 Å². The Morgan fingerprint density at radius 3 is 3.10 bits per heavy atom. The molecule has 2 heterocycles. The number of rotatable bonds is 3. The summed E-state index contributed by atoms with van der Waals surface area (Å²) in [4.78, 5) is 6.59. The summed E-state index contributed by atoms with van der Waals surface area (Å²) in [5.74, 6) is 0. The molecule has 1 aliphatic rings. The maximum atomic E-state index is 5.98. The Balaban J connectivity index is 1.98. The van der Waals surface area contributed by atoms with Gasteiger partial charge in [0.2, 0.25) is 0 Å². The summed E-state index contributed by atoms with van der Waals surface area (Å²) >= 11 is 0. The van der Waals surface area contributed by atoms with E-state index < -0.39 is 0 Å². The van der Waals surface area contributed by atoms with Crippen LogP contribution in [0.3, 0.4) is 0 Å². The molecule has 0 aliphatic carbocycles. The van der Waals surface area contributed by atoms with Gasteiger partial charge in [0.25, 0.3) is 0 Å². The Labute approximate surface area is 119 Å². The number of hydrogen-bond donors (Lipinski definition) is 1. The second kappa shape index (κ2) is 5.87. The number of benzene rings is 1. The normalized spacial score (nSPS) is 22.0. The first-order valence-corrected chi connectivity index (χ1v) is 7.09. The smallest absolute Gasteiger partial charge is 0.0896 e. The van der Waals surface area contributed by atoms with Crippen molar-refractivity contribution in [3.05, 3.63) is 42.2 Å². The molecule has 106 valence electrons. The zero-order chi connectivity index (χ0) is 13.9. The van der Waals surface area contributed by atoms with Gasteiger partial charge >= 0.3 is 0 Å². The number of aromatic nitrogens is 1. The van der Waals surface area contributed by atoms with E-state index in [-0.39, 0.29) is 12.1 Å². The number of hydrogen-bond acceptors (Lipinski definition) is 4. The Hall–Kier alpha value is -1.49. The van der Waals surface area contributed by atoms with Gasteiger partial charge in [-0.25, -0.2) is 0 Å². The summed E-state index contributed by atoms with van der Waals surface area (Å²) in [5, 5.41) is 5.85. The third-order valence-electron chi connectivity index (χ3n) is 4.03. The highest BCUT2D eigenvalue weighted by molar-refractivity contribution is 5.85. The molecule has 3 rings (SSSR count). The lowest BCUT2D eigenvalue weighted by atomic mass is 9.95. The van der Waals surface area contributed by atoms with Crippen molar-refractivity contribution in [2.75, 3.05) is 33.8 Å². The minimum atomic E-state index is 0.171. The lowest BCUT2D eigenvalue weighted by Crippen LogP contribution is -2.46. The number of ether oxygens (including phenoxy) is 1. The first-order valence-electron chi connectivity index (χ1n) is 7.09. The number of pyridine rings is 1. The summed E-state index contributed by atoms with van der Waals surface area (Å²) in [6.07, 6.45) is 3.96. The zero-order valence-corrected chi connectivity index (χ0v) is 12.0. The number of nitrogens with zero attached hydrogens (tertiary/aromatic N) is 2. The Morgan fingerprint density at radius 2 is 2.30 bits per heavy atom. The van der Waals surface area contributed by atoms with Gasteiger partial charge in [0.15, 0.2) is 0 Å². The molecule has 20 heavy (non-hydrogen) atoms. The lowest BCUT2D eigenvalue weighted by molar-refractivity contribution is -0.0378. The van der Waals surface area contributed by atoms with E-state index >= 15 is 0 Å². The van der Waals surface area contributed by atoms with Crippen molar-refractivity contribution < 1.29 is 4.74 Å². The van der Waals surface area contributed by atoms with E-state index in [4.69, 9.17) is 4.74 Å². The van der Waals surface area contributed by atoms with Gasteiger partial charge in [0.1, 0.15) is 0 Å². The van der Waals surface area contributed by atoms with Crippen molar-refractivity contribution in [3.63, 3.8) is 0 Å². The van der Waals surface area contributed by atoms with E-state index in [2.05, 4.69) is 46.5 Å². The van der Waals surface area contributed by atoms with Gasteiger partial charge in [0.05, 0.1) is 18.8 Å². The van der Waals surface area contributed by atoms with Crippen molar-refractivity contribution in [3.8, 4) is 0 Å². The predicted molar refractivity (Wildman–Crippen MR) is 80.8 cm³/mol. The van der Waals surface area contributed by atoms with Crippen LogP contribution in [0.25, 0.3) is 10.8 Å². The molecule has 0 bridgehead atoms. The van der Waals surface area contributed by atoms with Crippen LogP contribution in [0.4, 0.5) is 0 Å². The molecule has 0 radical (unpaired) electrons. The first kappa shape index (κ1) is 13.5. The van der Waals surface area contributed by atoms with Gasteiger partial charge in [-0.15, -0.1) is 0 Å². The molecule has 4 heteroatoms. The van der Waals surface area contributed by atoms with Crippen molar-refractivity contribution in [2.24, 2.45) is 0 Å². The van der Waals surface area contributed by atoms with Crippen LogP contribution in [0.1, 0.15) is 11.6 Å². The fourth-order valence-corrected chi connectivity index (χ4v) is 2.96. The zero-order valence-electron chi connectivity index (χ0n) is 12.0. The van der Waals surface area contributed by atoms with E-state index in [0.717, 1.165) is 19.7 Å². The van der Waals surface area contributed by atoms with Crippen LogP contribution < -0.4 is 5.32 Å².